The van der Waals surface area contributed by atoms with Crippen molar-refractivity contribution in [1.82, 2.24) is 4.98 Å². The van der Waals surface area contributed by atoms with E-state index >= 15 is 0 Å². The number of hydrogen-bond acceptors (Lipinski definition) is 3. The molecule has 1 heterocycles. The zero-order valence-electron chi connectivity index (χ0n) is 7.73. The van der Waals surface area contributed by atoms with Crippen LogP contribution in [0.1, 0.15) is 5.69 Å². The molecule has 2 aromatic rings. The summed E-state index contributed by atoms with van der Waals surface area (Å²) in [5, 5.41) is 1.53. The lowest BCUT2D eigenvalue weighted by atomic mass is 10.2. The third-order valence-electron chi connectivity index (χ3n) is 1.99. The second kappa shape index (κ2) is 3.72. The number of rotatable bonds is 1. The number of hydrogen-bond donors (Lipinski definition) is 0. The SMILES string of the molecule is COC(=S)c1ccc2ccccc2n1. The summed E-state index contributed by atoms with van der Waals surface area (Å²) in [4.78, 5) is 4.38. The minimum atomic E-state index is 0.427. The topological polar surface area (TPSA) is 22.1 Å². The van der Waals surface area contributed by atoms with E-state index in [4.69, 9.17) is 17.0 Å². The molecule has 2 rings (SSSR count). The largest absolute Gasteiger partial charge is 0.485 e. The first-order valence-corrected chi connectivity index (χ1v) is 4.66. The van der Waals surface area contributed by atoms with Crippen LogP contribution >= 0.6 is 12.2 Å². The summed E-state index contributed by atoms with van der Waals surface area (Å²) in [5.74, 6) is 0. The molecule has 0 unspecified atom stereocenters. The fourth-order valence-corrected chi connectivity index (χ4v) is 1.40. The molecule has 0 fully saturated rings. The Morgan fingerprint density at radius 3 is 2.79 bits per heavy atom. The van der Waals surface area contributed by atoms with Crippen molar-refractivity contribution in [2.45, 2.75) is 0 Å². The Morgan fingerprint density at radius 1 is 1.21 bits per heavy atom. The number of aromatic nitrogens is 1. The van der Waals surface area contributed by atoms with Crippen molar-refractivity contribution in [2.24, 2.45) is 0 Å². The fraction of sp³-hybridized carbons (Fsp3) is 0.0909. The maximum atomic E-state index is 5.00. The number of pyridine rings is 1. The van der Waals surface area contributed by atoms with Gasteiger partial charge in [0, 0.05) is 5.39 Å². The molecule has 0 radical (unpaired) electrons. The van der Waals surface area contributed by atoms with E-state index in [1.165, 1.54) is 0 Å². The molecule has 0 aliphatic rings. The third-order valence-corrected chi connectivity index (χ3v) is 2.37. The molecule has 2 nitrogen and oxygen atoms in total. The van der Waals surface area contributed by atoms with Gasteiger partial charge < -0.3 is 4.74 Å². The van der Waals surface area contributed by atoms with Gasteiger partial charge in [-0.05, 0) is 24.4 Å². The summed E-state index contributed by atoms with van der Waals surface area (Å²) in [6.45, 7) is 0. The summed E-state index contributed by atoms with van der Waals surface area (Å²) in [5.41, 5.74) is 1.64. The van der Waals surface area contributed by atoms with Crippen molar-refractivity contribution >= 4 is 28.2 Å². The molecule has 0 atom stereocenters. The van der Waals surface area contributed by atoms with Crippen LogP contribution in [0.2, 0.25) is 0 Å². The van der Waals surface area contributed by atoms with Crippen LogP contribution < -0.4 is 0 Å². The summed E-state index contributed by atoms with van der Waals surface area (Å²) in [6, 6.07) is 11.8. The normalized spacial score (nSPS) is 10.1. The highest BCUT2D eigenvalue weighted by atomic mass is 32.1. The van der Waals surface area contributed by atoms with Crippen LogP contribution in [0.15, 0.2) is 36.4 Å². The fourth-order valence-electron chi connectivity index (χ4n) is 1.28. The van der Waals surface area contributed by atoms with Gasteiger partial charge in [-0.3, -0.25) is 0 Å². The van der Waals surface area contributed by atoms with Gasteiger partial charge in [0.15, 0.2) is 0 Å². The average Bonchev–Trinajstić information content (AvgIpc) is 2.27. The van der Waals surface area contributed by atoms with E-state index in [1.807, 2.05) is 36.4 Å². The summed E-state index contributed by atoms with van der Waals surface area (Å²) in [6.07, 6.45) is 0. The summed E-state index contributed by atoms with van der Waals surface area (Å²) in [7, 11) is 1.55. The number of thiocarbonyl (C=S) groups is 1. The predicted octanol–water partition coefficient (Wildman–Crippen LogP) is 2.56. The molecular weight excluding hydrogens is 194 g/mol. The molecule has 0 N–H and O–H groups in total. The Bertz CT molecular complexity index is 481. The molecule has 0 bridgehead atoms. The van der Waals surface area contributed by atoms with Gasteiger partial charge in [-0.2, -0.15) is 0 Å². The highest BCUT2D eigenvalue weighted by molar-refractivity contribution is 7.80. The van der Waals surface area contributed by atoms with Gasteiger partial charge in [-0.1, -0.05) is 24.3 Å². The molecule has 0 aliphatic heterocycles. The molecular formula is C11H9NOS. The molecule has 1 aromatic heterocycles. The zero-order valence-corrected chi connectivity index (χ0v) is 8.54. The first kappa shape index (κ1) is 9.09. The Kier molecular flexibility index (Phi) is 2.41. The van der Waals surface area contributed by atoms with Gasteiger partial charge in [0.2, 0.25) is 5.05 Å². The molecule has 14 heavy (non-hydrogen) atoms. The Hall–Kier alpha value is -1.48. The van der Waals surface area contributed by atoms with Gasteiger partial charge in [-0.15, -0.1) is 0 Å². The van der Waals surface area contributed by atoms with Crippen molar-refractivity contribution in [3.63, 3.8) is 0 Å². The van der Waals surface area contributed by atoms with Gasteiger partial charge in [0.25, 0.3) is 0 Å². The highest BCUT2D eigenvalue weighted by Crippen LogP contribution is 2.12. The maximum absolute atomic E-state index is 5.00. The van der Waals surface area contributed by atoms with Crippen LogP contribution in [0.5, 0.6) is 0 Å². The van der Waals surface area contributed by atoms with Crippen LogP contribution in [0, 0.1) is 0 Å². The Balaban J connectivity index is 2.56. The van der Waals surface area contributed by atoms with E-state index in [1.54, 1.807) is 7.11 Å². The number of benzene rings is 1. The van der Waals surface area contributed by atoms with Crippen molar-refractivity contribution in [2.75, 3.05) is 7.11 Å². The van der Waals surface area contributed by atoms with Gasteiger partial charge >= 0.3 is 0 Å². The van der Waals surface area contributed by atoms with Gasteiger partial charge in [0.05, 0.1) is 12.6 Å². The van der Waals surface area contributed by atoms with Crippen LogP contribution in [0.3, 0.4) is 0 Å². The van der Waals surface area contributed by atoms with E-state index in [9.17, 15) is 0 Å². The smallest absolute Gasteiger partial charge is 0.209 e. The standard InChI is InChI=1S/C11H9NOS/c1-13-11(14)10-7-6-8-4-2-3-5-9(8)12-10/h2-7H,1H3. The quantitative estimate of drug-likeness (QED) is 0.665. The first-order valence-electron chi connectivity index (χ1n) is 4.25. The van der Waals surface area contributed by atoms with E-state index in [0.29, 0.717) is 10.7 Å². The van der Waals surface area contributed by atoms with Crippen molar-refractivity contribution in [1.29, 1.82) is 0 Å². The number of nitrogens with zero attached hydrogens (tertiary/aromatic N) is 1. The zero-order chi connectivity index (χ0) is 9.97. The number of para-hydroxylation sites is 1. The Morgan fingerprint density at radius 2 is 2.00 bits per heavy atom. The minimum absolute atomic E-state index is 0.427. The van der Waals surface area contributed by atoms with Crippen LogP contribution in [0.4, 0.5) is 0 Å². The van der Waals surface area contributed by atoms with Crippen LogP contribution in [-0.4, -0.2) is 17.1 Å². The van der Waals surface area contributed by atoms with E-state index < -0.39 is 0 Å². The average molecular weight is 203 g/mol. The summed E-state index contributed by atoms with van der Waals surface area (Å²) < 4.78 is 4.95. The lowest BCUT2D eigenvalue weighted by Crippen LogP contribution is -2.02. The molecule has 0 saturated heterocycles. The summed E-state index contributed by atoms with van der Waals surface area (Å²) >= 11 is 5.00. The maximum Gasteiger partial charge on any atom is 0.209 e. The molecule has 3 heteroatoms. The molecule has 0 spiro atoms. The molecule has 0 saturated carbocycles. The lowest BCUT2D eigenvalue weighted by molar-refractivity contribution is 0.414. The monoisotopic (exact) mass is 203 g/mol. The van der Waals surface area contributed by atoms with Crippen molar-refractivity contribution < 1.29 is 4.74 Å². The lowest BCUT2D eigenvalue weighted by Gasteiger charge is -2.02. The Labute approximate surface area is 87.5 Å². The van der Waals surface area contributed by atoms with E-state index in [2.05, 4.69) is 4.98 Å². The van der Waals surface area contributed by atoms with Crippen LogP contribution in [0.25, 0.3) is 10.9 Å². The third kappa shape index (κ3) is 1.59. The first-order chi connectivity index (χ1) is 6.81. The number of methoxy groups -OCH3 is 1. The molecule has 0 aliphatic carbocycles. The highest BCUT2D eigenvalue weighted by Gasteiger charge is 2.02. The van der Waals surface area contributed by atoms with E-state index in [0.717, 1.165) is 10.9 Å². The second-order valence-electron chi connectivity index (χ2n) is 2.88. The van der Waals surface area contributed by atoms with E-state index in [-0.39, 0.29) is 0 Å². The molecule has 1 aromatic carbocycles. The molecule has 70 valence electrons. The molecule has 0 amide bonds. The van der Waals surface area contributed by atoms with Crippen LogP contribution in [-0.2, 0) is 4.74 Å². The van der Waals surface area contributed by atoms with Gasteiger partial charge in [0.1, 0.15) is 5.69 Å². The van der Waals surface area contributed by atoms with Gasteiger partial charge in [-0.25, -0.2) is 4.98 Å². The van der Waals surface area contributed by atoms with Crippen molar-refractivity contribution in [3.05, 3.63) is 42.1 Å². The van der Waals surface area contributed by atoms with Crippen molar-refractivity contribution in [3.8, 4) is 0 Å². The number of ether oxygens (including phenoxy) is 1. The number of fused-ring (bicyclic) bond motifs is 1. The minimum Gasteiger partial charge on any atom is -0.485 e. The predicted molar refractivity (Wildman–Crippen MR) is 60.5 cm³/mol. The second-order valence-corrected chi connectivity index (χ2v) is 3.25.